The van der Waals surface area contributed by atoms with Crippen molar-refractivity contribution >= 4 is 5.91 Å². The van der Waals surface area contributed by atoms with Crippen LogP contribution in [0.1, 0.15) is 40.5 Å². The molecule has 1 saturated heterocycles. The van der Waals surface area contributed by atoms with E-state index in [0.717, 1.165) is 25.9 Å². The van der Waals surface area contributed by atoms with Gasteiger partial charge in [-0.15, -0.1) is 0 Å². The lowest BCUT2D eigenvalue weighted by Crippen LogP contribution is -2.52. The lowest BCUT2D eigenvalue weighted by molar-refractivity contribution is -0.128. The summed E-state index contributed by atoms with van der Waals surface area (Å²) in [4.78, 5) is 14.1. The Labute approximate surface area is 104 Å². The van der Waals surface area contributed by atoms with Crippen molar-refractivity contribution in [1.82, 2.24) is 10.2 Å². The zero-order valence-electron chi connectivity index (χ0n) is 11.4. The summed E-state index contributed by atoms with van der Waals surface area (Å²) < 4.78 is 0. The fourth-order valence-electron chi connectivity index (χ4n) is 2.37. The quantitative estimate of drug-likeness (QED) is 0.773. The normalized spacial score (nSPS) is 28.1. The summed E-state index contributed by atoms with van der Waals surface area (Å²) in [5.41, 5.74) is 0. The SMILES string of the molecule is CCC1CN(C(C)C(=O)NC(C)C)CCC1O. The Morgan fingerprint density at radius 3 is 2.65 bits per heavy atom. The van der Waals surface area contributed by atoms with Gasteiger partial charge in [0.1, 0.15) is 0 Å². The van der Waals surface area contributed by atoms with E-state index in [2.05, 4.69) is 17.1 Å². The number of piperidine rings is 1. The number of amides is 1. The number of aliphatic hydroxyl groups excluding tert-OH is 1. The van der Waals surface area contributed by atoms with Gasteiger partial charge < -0.3 is 10.4 Å². The van der Waals surface area contributed by atoms with E-state index in [1.807, 2.05) is 20.8 Å². The largest absolute Gasteiger partial charge is 0.393 e. The third-order valence-electron chi connectivity index (χ3n) is 3.61. The van der Waals surface area contributed by atoms with E-state index in [9.17, 15) is 9.90 Å². The van der Waals surface area contributed by atoms with Crippen molar-refractivity contribution in [3.8, 4) is 0 Å². The first-order chi connectivity index (χ1) is 7.95. The standard InChI is InChI=1S/C13H26N2O2/c1-5-11-8-15(7-6-12(11)16)10(4)13(17)14-9(2)3/h9-12,16H,5-8H2,1-4H3,(H,14,17). The Morgan fingerprint density at radius 2 is 2.12 bits per heavy atom. The molecule has 0 radical (unpaired) electrons. The molecule has 100 valence electrons. The summed E-state index contributed by atoms with van der Waals surface area (Å²) in [5.74, 6) is 0.393. The van der Waals surface area contributed by atoms with Crippen LogP contribution in [0, 0.1) is 5.92 Å². The predicted molar refractivity (Wildman–Crippen MR) is 68.7 cm³/mol. The summed E-state index contributed by atoms with van der Waals surface area (Å²) in [7, 11) is 0. The number of nitrogens with zero attached hydrogens (tertiary/aromatic N) is 1. The molecule has 2 N–H and O–H groups in total. The zero-order valence-corrected chi connectivity index (χ0v) is 11.4. The first-order valence-electron chi connectivity index (χ1n) is 6.68. The minimum Gasteiger partial charge on any atom is -0.393 e. The van der Waals surface area contributed by atoms with Crippen LogP contribution in [-0.2, 0) is 4.79 Å². The van der Waals surface area contributed by atoms with Gasteiger partial charge in [0, 0.05) is 19.1 Å². The monoisotopic (exact) mass is 242 g/mol. The smallest absolute Gasteiger partial charge is 0.237 e. The van der Waals surface area contributed by atoms with Crippen molar-refractivity contribution in [2.75, 3.05) is 13.1 Å². The van der Waals surface area contributed by atoms with Gasteiger partial charge in [0.05, 0.1) is 12.1 Å². The number of carbonyl (C=O) groups is 1. The molecule has 1 aliphatic heterocycles. The van der Waals surface area contributed by atoms with E-state index in [4.69, 9.17) is 0 Å². The van der Waals surface area contributed by atoms with Gasteiger partial charge >= 0.3 is 0 Å². The highest BCUT2D eigenvalue weighted by Gasteiger charge is 2.31. The molecular formula is C13H26N2O2. The van der Waals surface area contributed by atoms with E-state index in [-0.39, 0.29) is 24.1 Å². The fourth-order valence-corrected chi connectivity index (χ4v) is 2.37. The van der Waals surface area contributed by atoms with Crippen molar-refractivity contribution in [2.24, 2.45) is 5.92 Å². The number of hydrogen-bond donors (Lipinski definition) is 2. The predicted octanol–water partition coefficient (Wildman–Crippen LogP) is 0.992. The Morgan fingerprint density at radius 1 is 1.47 bits per heavy atom. The summed E-state index contributed by atoms with van der Waals surface area (Å²) in [6, 6.07) is 0.0845. The topological polar surface area (TPSA) is 52.6 Å². The van der Waals surface area contributed by atoms with Crippen LogP contribution in [-0.4, -0.2) is 47.2 Å². The van der Waals surface area contributed by atoms with Crippen LogP contribution < -0.4 is 5.32 Å². The molecule has 0 aliphatic carbocycles. The molecule has 17 heavy (non-hydrogen) atoms. The third-order valence-corrected chi connectivity index (χ3v) is 3.61. The van der Waals surface area contributed by atoms with Gasteiger partial charge in [-0.1, -0.05) is 6.92 Å². The van der Waals surface area contributed by atoms with Crippen LogP contribution >= 0.6 is 0 Å². The van der Waals surface area contributed by atoms with E-state index in [1.54, 1.807) is 0 Å². The average Bonchev–Trinajstić information content (AvgIpc) is 2.27. The molecule has 1 heterocycles. The highest BCUT2D eigenvalue weighted by atomic mass is 16.3. The second-order valence-corrected chi connectivity index (χ2v) is 5.36. The molecule has 0 aromatic carbocycles. The number of nitrogens with one attached hydrogen (secondary N) is 1. The van der Waals surface area contributed by atoms with Gasteiger partial charge in [-0.3, -0.25) is 9.69 Å². The van der Waals surface area contributed by atoms with E-state index in [0.29, 0.717) is 5.92 Å². The Hall–Kier alpha value is -0.610. The van der Waals surface area contributed by atoms with E-state index >= 15 is 0 Å². The molecule has 1 amide bonds. The van der Waals surface area contributed by atoms with Gasteiger partial charge in [0.15, 0.2) is 0 Å². The van der Waals surface area contributed by atoms with Crippen molar-refractivity contribution in [3.63, 3.8) is 0 Å². The number of rotatable bonds is 4. The fraction of sp³-hybridized carbons (Fsp3) is 0.923. The summed E-state index contributed by atoms with van der Waals surface area (Å²) in [5, 5.41) is 12.8. The minimum atomic E-state index is -0.198. The van der Waals surface area contributed by atoms with E-state index in [1.165, 1.54) is 0 Å². The van der Waals surface area contributed by atoms with Gasteiger partial charge in [-0.05, 0) is 39.5 Å². The molecule has 4 nitrogen and oxygen atoms in total. The minimum absolute atomic E-state index is 0.0891. The number of aliphatic hydroxyl groups is 1. The van der Waals surface area contributed by atoms with Gasteiger partial charge in [-0.2, -0.15) is 0 Å². The number of hydrogen-bond acceptors (Lipinski definition) is 3. The average molecular weight is 242 g/mol. The molecule has 0 saturated carbocycles. The van der Waals surface area contributed by atoms with Gasteiger partial charge in [0.2, 0.25) is 5.91 Å². The molecule has 1 fully saturated rings. The van der Waals surface area contributed by atoms with Gasteiger partial charge in [-0.25, -0.2) is 0 Å². The molecule has 3 unspecified atom stereocenters. The first kappa shape index (κ1) is 14.5. The second-order valence-electron chi connectivity index (χ2n) is 5.36. The van der Waals surface area contributed by atoms with Crippen LogP contribution in [0.15, 0.2) is 0 Å². The van der Waals surface area contributed by atoms with Crippen LogP contribution in [0.3, 0.4) is 0 Å². The Bertz CT molecular complexity index is 256. The first-order valence-corrected chi connectivity index (χ1v) is 6.68. The van der Waals surface area contributed by atoms with Crippen molar-refractivity contribution in [1.29, 1.82) is 0 Å². The molecular weight excluding hydrogens is 216 g/mol. The highest BCUT2D eigenvalue weighted by Crippen LogP contribution is 2.21. The lowest BCUT2D eigenvalue weighted by atomic mass is 9.91. The molecule has 0 bridgehead atoms. The second kappa shape index (κ2) is 6.36. The van der Waals surface area contributed by atoms with Crippen LogP contribution in [0.25, 0.3) is 0 Å². The van der Waals surface area contributed by atoms with Crippen LogP contribution in [0.5, 0.6) is 0 Å². The maximum atomic E-state index is 11.9. The molecule has 0 aromatic rings. The maximum Gasteiger partial charge on any atom is 0.237 e. The van der Waals surface area contributed by atoms with Crippen LogP contribution in [0.4, 0.5) is 0 Å². The number of likely N-dealkylation sites (tertiary alicyclic amines) is 1. The third kappa shape index (κ3) is 3.96. The number of carbonyl (C=O) groups excluding carboxylic acids is 1. The maximum absolute atomic E-state index is 11.9. The summed E-state index contributed by atoms with van der Waals surface area (Å²) in [6.07, 6.45) is 1.55. The zero-order chi connectivity index (χ0) is 13.0. The van der Waals surface area contributed by atoms with Crippen LogP contribution in [0.2, 0.25) is 0 Å². The molecule has 1 rings (SSSR count). The van der Waals surface area contributed by atoms with Crippen molar-refractivity contribution < 1.29 is 9.90 Å². The Kier molecular flexibility index (Phi) is 5.40. The van der Waals surface area contributed by atoms with Crippen molar-refractivity contribution in [2.45, 2.75) is 58.7 Å². The summed E-state index contributed by atoms with van der Waals surface area (Å²) in [6.45, 7) is 9.62. The lowest BCUT2D eigenvalue weighted by Gasteiger charge is -2.38. The van der Waals surface area contributed by atoms with Gasteiger partial charge in [0.25, 0.3) is 0 Å². The van der Waals surface area contributed by atoms with E-state index < -0.39 is 0 Å². The molecule has 3 atom stereocenters. The molecule has 0 aromatic heterocycles. The Balaban J connectivity index is 2.52. The molecule has 0 spiro atoms. The van der Waals surface area contributed by atoms with Crippen molar-refractivity contribution in [3.05, 3.63) is 0 Å². The highest BCUT2D eigenvalue weighted by molar-refractivity contribution is 5.81. The molecule has 1 aliphatic rings. The summed E-state index contributed by atoms with van der Waals surface area (Å²) >= 11 is 0. The molecule has 4 heteroatoms.